The Balaban J connectivity index is 1.82. The lowest BCUT2D eigenvalue weighted by Crippen LogP contribution is -2.37. The predicted octanol–water partition coefficient (Wildman–Crippen LogP) is 2.40. The van der Waals surface area contributed by atoms with Crippen LogP contribution in [0.1, 0.15) is 22.5 Å². The molecule has 2 heterocycles. The predicted molar refractivity (Wildman–Crippen MR) is 91.1 cm³/mol. The van der Waals surface area contributed by atoms with Crippen LogP contribution in [0.3, 0.4) is 0 Å². The number of aromatic nitrogens is 1. The molecule has 0 atom stereocenters. The second-order valence-corrected chi connectivity index (χ2v) is 5.74. The summed E-state index contributed by atoms with van der Waals surface area (Å²) < 4.78 is 17.8. The number of halogens is 1. The van der Waals surface area contributed by atoms with Gasteiger partial charge in [-0.15, -0.1) is 0 Å². The van der Waals surface area contributed by atoms with Crippen molar-refractivity contribution in [3.8, 4) is 0 Å². The summed E-state index contributed by atoms with van der Waals surface area (Å²) in [6.45, 7) is 0.627. The van der Waals surface area contributed by atoms with Gasteiger partial charge in [0.1, 0.15) is 18.1 Å². The van der Waals surface area contributed by atoms with Gasteiger partial charge in [0.05, 0.1) is 6.20 Å². The Bertz CT molecular complexity index is 793. The van der Waals surface area contributed by atoms with Crippen LogP contribution < -0.4 is 10.2 Å². The number of ether oxygens (including phenoxy) is 1. The highest BCUT2D eigenvalue weighted by atomic mass is 19.1. The molecule has 3 rings (SSSR count). The van der Waals surface area contributed by atoms with Crippen molar-refractivity contribution in [1.29, 1.82) is 0 Å². The highest BCUT2D eigenvalue weighted by Crippen LogP contribution is 2.30. The Hall–Kier alpha value is -2.80. The van der Waals surface area contributed by atoms with Gasteiger partial charge in [-0.25, -0.2) is 9.37 Å². The normalized spacial score (nSPS) is 13.3. The first-order chi connectivity index (χ1) is 12.1. The average molecular weight is 343 g/mol. The molecule has 0 unspecified atom stereocenters. The summed E-state index contributed by atoms with van der Waals surface area (Å²) in [5.74, 6) is -1.06. The molecule has 0 saturated carbocycles. The number of pyridine rings is 1. The minimum Gasteiger partial charge on any atom is -0.375 e. The molecule has 0 radical (unpaired) electrons. The minimum atomic E-state index is -0.502. The number of nitrogens with one attached hydrogen (secondary N) is 1. The third kappa shape index (κ3) is 3.83. The Labute approximate surface area is 144 Å². The van der Waals surface area contributed by atoms with E-state index in [1.807, 2.05) is 6.07 Å². The molecule has 1 aliphatic rings. The zero-order chi connectivity index (χ0) is 17.8. The number of amides is 2. The van der Waals surface area contributed by atoms with Gasteiger partial charge in [-0.3, -0.25) is 9.59 Å². The van der Waals surface area contributed by atoms with Crippen LogP contribution >= 0.6 is 0 Å². The standard InChI is InChI=1S/C18H18FN3O3/c1-25-11-17(23)22-8-2-3-12-4-6-14(9-16(12)22)21-18(24)15-7-5-13(19)10-20-15/h4-7,9-10H,2-3,8,11H2,1H3,(H,21,24). The summed E-state index contributed by atoms with van der Waals surface area (Å²) in [6.07, 6.45) is 2.75. The van der Waals surface area contributed by atoms with Crippen LogP contribution in [0.4, 0.5) is 15.8 Å². The van der Waals surface area contributed by atoms with Gasteiger partial charge in [0.25, 0.3) is 11.8 Å². The lowest BCUT2D eigenvalue weighted by atomic mass is 10.0. The largest absolute Gasteiger partial charge is 0.375 e. The molecule has 0 aliphatic carbocycles. The van der Waals surface area contributed by atoms with Crippen LogP contribution in [0.25, 0.3) is 0 Å². The summed E-state index contributed by atoms with van der Waals surface area (Å²) in [4.78, 5) is 29.9. The Kier molecular flexibility index (Phi) is 5.04. The number of benzene rings is 1. The van der Waals surface area contributed by atoms with Gasteiger partial charge in [-0.1, -0.05) is 6.07 Å². The van der Waals surface area contributed by atoms with E-state index in [1.165, 1.54) is 19.2 Å². The number of aryl methyl sites for hydroxylation is 1. The highest BCUT2D eigenvalue weighted by Gasteiger charge is 2.23. The number of anilines is 2. The molecule has 130 valence electrons. The topological polar surface area (TPSA) is 71.5 Å². The van der Waals surface area contributed by atoms with E-state index in [-0.39, 0.29) is 18.2 Å². The van der Waals surface area contributed by atoms with E-state index in [0.29, 0.717) is 12.2 Å². The third-order valence-corrected chi connectivity index (χ3v) is 3.99. The van der Waals surface area contributed by atoms with E-state index < -0.39 is 11.7 Å². The van der Waals surface area contributed by atoms with Crippen LogP contribution in [0, 0.1) is 5.82 Å². The van der Waals surface area contributed by atoms with Gasteiger partial charge in [0.2, 0.25) is 0 Å². The SMILES string of the molecule is COCC(=O)N1CCCc2ccc(NC(=O)c3ccc(F)cn3)cc21. The van der Waals surface area contributed by atoms with Crippen molar-refractivity contribution in [2.24, 2.45) is 0 Å². The number of carbonyl (C=O) groups excluding carboxylic acids is 2. The number of carbonyl (C=O) groups is 2. The van der Waals surface area contributed by atoms with Crippen molar-refractivity contribution < 1.29 is 18.7 Å². The van der Waals surface area contributed by atoms with Crippen molar-refractivity contribution >= 4 is 23.2 Å². The van der Waals surface area contributed by atoms with Crippen LogP contribution in [0.15, 0.2) is 36.5 Å². The molecule has 0 saturated heterocycles. The first-order valence-electron chi connectivity index (χ1n) is 7.93. The Morgan fingerprint density at radius 2 is 2.16 bits per heavy atom. The van der Waals surface area contributed by atoms with Gasteiger partial charge in [0, 0.05) is 25.0 Å². The monoisotopic (exact) mass is 343 g/mol. The Morgan fingerprint density at radius 3 is 2.88 bits per heavy atom. The number of hydrogen-bond donors (Lipinski definition) is 1. The van der Waals surface area contributed by atoms with Crippen molar-refractivity contribution in [2.45, 2.75) is 12.8 Å². The molecular formula is C18H18FN3O3. The summed E-state index contributed by atoms with van der Waals surface area (Å²) in [5, 5.41) is 2.73. The fourth-order valence-corrected chi connectivity index (χ4v) is 2.82. The second-order valence-electron chi connectivity index (χ2n) is 5.74. The lowest BCUT2D eigenvalue weighted by molar-refractivity contribution is -0.122. The number of hydrogen-bond acceptors (Lipinski definition) is 4. The maximum atomic E-state index is 12.9. The van der Waals surface area contributed by atoms with E-state index in [0.717, 1.165) is 30.3 Å². The van der Waals surface area contributed by atoms with Crippen molar-refractivity contribution in [3.05, 3.63) is 53.6 Å². The third-order valence-electron chi connectivity index (χ3n) is 3.99. The summed E-state index contributed by atoms with van der Waals surface area (Å²) in [6, 6.07) is 7.95. The molecule has 1 aromatic carbocycles. The van der Waals surface area contributed by atoms with Crippen LogP contribution in [0.2, 0.25) is 0 Å². The van der Waals surface area contributed by atoms with E-state index >= 15 is 0 Å². The molecule has 6 nitrogen and oxygen atoms in total. The first kappa shape index (κ1) is 17.0. The molecule has 0 bridgehead atoms. The van der Waals surface area contributed by atoms with Gasteiger partial charge in [0.15, 0.2) is 0 Å². The molecule has 0 fully saturated rings. The van der Waals surface area contributed by atoms with Crippen LogP contribution in [0.5, 0.6) is 0 Å². The van der Waals surface area contributed by atoms with Gasteiger partial charge in [-0.05, 0) is 42.7 Å². The quantitative estimate of drug-likeness (QED) is 0.925. The number of fused-ring (bicyclic) bond motifs is 1. The molecule has 25 heavy (non-hydrogen) atoms. The van der Waals surface area contributed by atoms with E-state index in [1.54, 1.807) is 17.0 Å². The summed E-state index contributed by atoms with van der Waals surface area (Å²) in [5.41, 5.74) is 2.49. The van der Waals surface area contributed by atoms with Gasteiger partial charge >= 0.3 is 0 Å². The Morgan fingerprint density at radius 1 is 1.32 bits per heavy atom. The number of rotatable bonds is 4. The maximum Gasteiger partial charge on any atom is 0.274 e. The average Bonchev–Trinajstić information content (AvgIpc) is 2.62. The van der Waals surface area contributed by atoms with Gasteiger partial charge in [-0.2, -0.15) is 0 Å². The maximum absolute atomic E-state index is 12.9. The first-order valence-corrected chi connectivity index (χ1v) is 7.93. The molecule has 2 aromatic rings. The summed E-state index contributed by atoms with van der Waals surface area (Å²) in [7, 11) is 1.48. The molecule has 0 spiro atoms. The van der Waals surface area contributed by atoms with Crippen LogP contribution in [-0.2, 0) is 16.0 Å². The number of methoxy groups -OCH3 is 1. The fraction of sp³-hybridized carbons (Fsp3) is 0.278. The summed E-state index contributed by atoms with van der Waals surface area (Å²) >= 11 is 0. The zero-order valence-corrected chi connectivity index (χ0v) is 13.8. The van der Waals surface area contributed by atoms with Gasteiger partial charge < -0.3 is 15.0 Å². The molecule has 7 heteroatoms. The lowest BCUT2D eigenvalue weighted by Gasteiger charge is -2.29. The van der Waals surface area contributed by atoms with E-state index in [4.69, 9.17) is 4.74 Å². The highest BCUT2D eigenvalue weighted by molar-refractivity contribution is 6.03. The molecule has 1 aliphatic heterocycles. The second kappa shape index (κ2) is 7.40. The van der Waals surface area contributed by atoms with Crippen molar-refractivity contribution in [3.63, 3.8) is 0 Å². The number of nitrogens with zero attached hydrogens (tertiary/aromatic N) is 2. The zero-order valence-electron chi connectivity index (χ0n) is 13.8. The van der Waals surface area contributed by atoms with E-state index in [9.17, 15) is 14.0 Å². The molecule has 1 aromatic heterocycles. The molecular weight excluding hydrogens is 325 g/mol. The van der Waals surface area contributed by atoms with Crippen molar-refractivity contribution in [1.82, 2.24) is 4.98 Å². The van der Waals surface area contributed by atoms with Crippen LogP contribution in [-0.4, -0.2) is 37.1 Å². The minimum absolute atomic E-state index is 0.00945. The van der Waals surface area contributed by atoms with E-state index in [2.05, 4.69) is 10.3 Å². The fourth-order valence-electron chi connectivity index (χ4n) is 2.82. The van der Waals surface area contributed by atoms with Crippen molar-refractivity contribution in [2.75, 3.05) is 30.5 Å². The molecule has 2 amide bonds. The smallest absolute Gasteiger partial charge is 0.274 e. The molecule has 1 N–H and O–H groups in total.